The summed E-state index contributed by atoms with van der Waals surface area (Å²) >= 11 is 0. The van der Waals surface area contributed by atoms with Crippen molar-refractivity contribution < 1.29 is 9.90 Å². The second kappa shape index (κ2) is 11.9. The lowest BCUT2D eigenvalue weighted by Gasteiger charge is -2.48. The maximum absolute atomic E-state index is 13.2. The van der Waals surface area contributed by atoms with Crippen LogP contribution in [0.2, 0.25) is 0 Å². The number of aliphatic hydroxyl groups is 1. The molecule has 4 N–H and O–H groups in total. The third-order valence-electron chi connectivity index (χ3n) is 8.82. The van der Waals surface area contributed by atoms with E-state index in [1.807, 2.05) is 6.08 Å². The van der Waals surface area contributed by atoms with E-state index in [2.05, 4.69) is 49.4 Å². The molecule has 2 saturated carbocycles. The van der Waals surface area contributed by atoms with E-state index in [0.29, 0.717) is 6.04 Å². The van der Waals surface area contributed by atoms with Gasteiger partial charge in [0.15, 0.2) is 0 Å². The lowest BCUT2D eigenvalue weighted by Crippen LogP contribution is -2.60. The molecule has 34 heavy (non-hydrogen) atoms. The van der Waals surface area contributed by atoms with Crippen LogP contribution < -0.4 is 11.1 Å². The Morgan fingerprint density at radius 2 is 2.00 bits per heavy atom. The molecule has 6 nitrogen and oxygen atoms in total. The molecular weight excluding hydrogens is 424 g/mol. The smallest absolute Gasteiger partial charge is 0.223 e. The van der Waals surface area contributed by atoms with Crippen LogP contribution >= 0.6 is 0 Å². The van der Waals surface area contributed by atoms with E-state index in [4.69, 9.17) is 5.73 Å². The minimum atomic E-state index is -0.541. The van der Waals surface area contributed by atoms with E-state index >= 15 is 0 Å². The van der Waals surface area contributed by atoms with E-state index in [9.17, 15) is 9.90 Å². The number of aliphatic hydroxyl groups excluding tert-OH is 1. The zero-order valence-electron chi connectivity index (χ0n) is 22.4. The van der Waals surface area contributed by atoms with E-state index in [-0.39, 0.29) is 34.9 Å². The van der Waals surface area contributed by atoms with Gasteiger partial charge in [0, 0.05) is 54.6 Å². The summed E-state index contributed by atoms with van der Waals surface area (Å²) in [4.78, 5) is 18.1. The number of piperazine rings is 1. The summed E-state index contributed by atoms with van der Waals surface area (Å²) in [5.41, 5.74) is 6.13. The van der Waals surface area contributed by atoms with Gasteiger partial charge in [0.25, 0.3) is 0 Å². The molecule has 1 heterocycles. The molecule has 3 fully saturated rings. The number of hydrogen-bond donors (Lipinski definition) is 3. The molecule has 0 bridgehead atoms. The number of rotatable bonds is 12. The van der Waals surface area contributed by atoms with Gasteiger partial charge in [-0.15, -0.1) is 6.58 Å². The molecule has 5 atom stereocenters. The largest absolute Gasteiger partial charge is 0.378 e. The molecular formula is C28H52N4O2. The second-order valence-corrected chi connectivity index (χ2v) is 12.2. The van der Waals surface area contributed by atoms with Crippen LogP contribution in [0.25, 0.3) is 0 Å². The summed E-state index contributed by atoms with van der Waals surface area (Å²) in [7, 11) is 0. The van der Waals surface area contributed by atoms with Crippen molar-refractivity contribution in [1.29, 1.82) is 0 Å². The lowest BCUT2D eigenvalue weighted by atomic mass is 9.76. The van der Waals surface area contributed by atoms with Crippen LogP contribution in [0.4, 0.5) is 0 Å². The predicted molar refractivity (Wildman–Crippen MR) is 140 cm³/mol. The fraction of sp³-hybridized carbons (Fsp3) is 0.893. The van der Waals surface area contributed by atoms with Crippen molar-refractivity contribution in [2.24, 2.45) is 17.6 Å². The number of carbonyl (C=O) groups excluding carboxylic acids is 1. The Kier molecular flexibility index (Phi) is 9.64. The van der Waals surface area contributed by atoms with Gasteiger partial charge in [-0.25, -0.2) is 0 Å². The fourth-order valence-corrected chi connectivity index (χ4v) is 6.32. The first kappa shape index (κ1) is 27.6. The Morgan fingerprint density at radius 1 is 1.29 bits per heavy atom. The molecule has 1 saturated heterocycles. The molecule has 2 unspecified atom stereocenters. The van der Waals surface area contributed by atoms with Gasteiger partial charge in [-0.3, -0.25) is 14.6 Å². The molecule has 6 heteroatoms. The van der Waals surface area contributed by atoms with E-state index < -0.39 is 6.23 Å². The average molecular weight is 477 g/mol. The highest BCUT2D eigenvalue weighted by molar-refractivity contribution is 5.80. The van der Waals surface area contributed by atoms with Gasteiger partial charge in [-0.1, -0.05) is 32.3 Å². The standard InChI is InChI=1S/C28H52N4O2/c1-6-11-22(12-10-15-27(4,5)29)31-18-19-32(21(3)20-31)26(34)24-14-9-8-13-23(24)25(33)30-28(7-2)16-17-28/h6,21-24,26,34H,1,7-20,29H2,2-5H3,(H,30,33)/t21-,22?,23-,24-,26?/m1/s1. The number of nitrogens with zero attached hydrogens (tertiary/aromatic N) is 2. The monoisotopic (exact) mass is 476 g/mol. The number of hydrogen-bond acceptors (Lipinski definition) is 5. The molecule has 3 aliphatic rings. The molecule has 0 aromatic carbocycles. The van der Waals surface area contributed by atoms with Crippen LogP contribution in [0.1, 0.15) is 98.3 Å². The average Bonchev–Trinajstić information content (AvgIpc) is 3.57. The van der Waals surface area contributed by atoms with Crippen LogP contribution in [0.3, 0.4) is 0 Å². The fourth-order valence-electron chi connectivity index (χ4n) is 6.32. The van der Waals surface area contributed by atoms with Crippen molar-refractivity contribution in [1.82, 2.24) is 15.1 Å². The van der Waals surface area contributed by atoms with Crippen LogP contribution in [-0.4, -0.2) is 69.8 Å². The highest BCUT2D eigenvalue weighted by Crippen LogP contribution is 2.41. The second-order valence-electron chi connectivity index (χ2n) is 12.2. The molecule has 2 aliphatic carbocycles. The molecule has 1 aliphatic heterocycles. The van der Waals surface area contributed by atoms with E-state index in [1.54, 1.807) is 0 Å². The Hall–Kier alpha value is -0.950. The van der Waals surface area contributed by atoms with Crippen molar-refractivity contribution in [2.45, 2.75) is 128 Å². The van der Waals surface area contributed by atoms with Crippen molar-refractivity contribution in [3.63, 3.8) is 0 Å². The number of amides is 1. The third kappa shape index (κ3) is 7.28. The van der Waals surface area contributed by atoms with Crippen LogP contribution in [0, 0.1) is 11.8 Å². The predicted octanol–water partition coefficient (Wildman–Crippen LogP) is 4.03. The maximum atomic E-state index is 13.2. The topological polar surface area (TPSA) is 81.8 Å². The van der Waals surface area contributed by atoms with Crippen molar-refractivity contribution in [3.05, 3.63) is 12.7 Å². The summed E-state index contributed by atoms with van der Waals surface area (Å²) in [5.74, 6) is 0.153. The Labute approximate surface area is 208 Å². The number of nitrogens with two attached hydrogens (primary N) is 1. The SMILES string of the molecule is C=CCC(CCCC(C)(C)N)N1CCN(C(O)[C@@H]2CCCC[C@H]2C(=O)NC2(CC)CC2)[C@H](C)C1. The molecule has 3 rings (SSSR count). The molecule has 0 aromatic rings. The van der Waals surface area contributed by atoms with Gasteiger partial charge in [0.1, 0.15) is 6.23 Å². The minimum absolute atomic E-state index is 0.0335. The molecule has 1 amide bonds. The van der Waals surface area contributed by atoms with Gasteiger partial charge in [-0.2, -0.15) is 0 Å². The van der Waals surface area contributed by atoms with Crippen molar-refractivity contribution in [2.75, 3.05) is 19.6 Å². The quantitative estimate of drug-likeness (QED) is 0.371. The summed E-state index contributed by atoms with van der Waals surface area (Å²) < 4.78 is 0. The first-order chi connectivity index (χ1) is 16.1. The van der Waals surface area contributed by atoms with Gasteiger partial charge in [0.05, 0.1) is 0 Å². The Balaban J connectivity index is 1.58. The van der Waals surface area contributed by atoms with Crippen LogP contribution in [-0.2, 0) is 4.79 Å². The number of nitrogens with one attached hydrogen (secondary N) is 1. The maximum Gasteiger partial charge on any atom is 0.223 e. The zero-order valence-corrected chi connectivity index (χ0v) is 22.4. The Morgan fingerprint density at radius 3 is 2.59 bits per heavy atom. The highest BCUT2D eigenvalue weighted by atomic mass is 16.3. The van der Waals surface area contributed by atoms with E-state index in [0.717, 1.165) is 90.3 Å². The minimum Gasteiger partial charge on any atom is -0.378 e. The summed E-state index contributed by atoms with van der Waals surface area (Å²) in [6.45, 7) is 15.3. The summed E-state index contributed by atoms with van der Waals surface area (Å²) in [5, 5.41) is 14.9. The van der Waals surface area contributed by atoms with E-state index in [1.165, 1.54) is 0 Å². The van der Waals surface area contributed by atoms with Crippen LogP contribution in [0.15, 0.2) is 12.7 Å². The van der Waals surface area contributed by atoms with Gasteiger partial charge < -0.3 is 16.2 Å². The van der Waals surface area contributed by atoms with Gasteiger partial charge in [-0.05, 0) is 72.1 Å². The molecule has 196 valence electrons. The lowest BCUT2D eigenvalue weighted by molar-refractivity contribution is -0.141. The summed E-state index contributed by atoms with van der Waals surface area (Å²) in [6.07, 6.45) is 13.0. The zero-order chi connectivity index (χ0) is 24.9. The third-order valence-corrected chi connectivity index (χ3v) is 8.82. The molecule has 0 spiro atoms. The first-order valence-electron chi connectivity index (χ1n) is 14.0. The van der Waals surface area contributed by atoms with Crippen LogP contribution in [0.5, 0.6) is 0 Å². The van der Waals surface area contributed by atoms with Gasteiger partial charge in [0.2, 0.25) is 5.91 Å². The van der Waals surface area contributed by atoms with Crippen molar-refractivity contribution in [3.8, 4) is 0 Å². The molecule has 0 aromatic heterocycles. The summed E-state index contributed by atoms with van der Waals surface area (Å²) in [6, 6.07) is 0.747. The number of carbonyl (C=O) groups is 1. The van der Waals surface area contributed by atoms with Crippen molar-refractivity contribution >= 4 is 5.91 Å². The normalized spacial score (nSPS) is 29.9. The highest BCUT2D eigenvalue weighted by Gasteiger charge is 2.46. The molecule has 0 radical (unpaired) electrons. The van der Waals surface area contributed by atoms with Gasteiger partial charge >= 0.3 is 0 Å². The Bertz CT molecular complexity index is 672. The first-order valence-corrected chi connectivity index (χ1v) is 14.0.